The van der Waals surface area contributed by atoms with Crippen LogP contribution in [0, 0.1) is 0 Å². The molecule has 16 heavy (non-hydrogen) atoms. The molecule has 94 valence electrons. The average Bonchev–Trinajstić information content (AvgIpc) is 2.26. The fourth-order valence-corrected chi connectivity index (χ4v) is 2.21. The Morgan fingerprint density at radius 1 is 1.19 bits per heavy atom. The highest BCUT2D eigenvalue weighted by molar-refractivity contribution is 5.02. The zero-order valence-corrected chi connectivity index (χ0v) is 11.5. The maximum Gasteiger partial charge on any atom is 0.0461 e. The summed E-state index contributed by atoms with van der Waals surface area (Å²) in [5, 5.41) is 3.15. The number of nitrogens with zero attached hydrogens (tertiary/aromatic N) is 2. The summed E-state index contributed by atoms with van der Waals surface area (Å²) in [6, 6.07) is 0.437. The first-order valence-corrected chi connectivity index (χ1v) is 6.22. The van der Waals surface area contributed by atoms with Crippen molar-refractivity contribution in [2.45, 2.75) is 39.3 Å². The standard InChI is InChI=1S/C13H27N3/c1-11(14-6)12(2)15-7-9-16(10-8-15)13(3,4)5/h12,14H,1,7-10H2,2-6H3/t12-/m1/s1. The Morgan fingerprint density at radius 2 is 1.69 bits per heavy atom. The van der Waals surface area contributed by atoms with E-state index in [9.17, 15) is 0 Å². The predicted molar refractivity (Wildman–Crippen MR) is 70.6 cm³/mol. The number of nitrogens with one attached hydrogen (secondary N) is 1. The van der Waals surface area contributed by atoms with E-state index >= 15 is 0 Å². The molecule has 1 saturated heterocycles. The molecular weight excluding hydrogens is 198 g/mol. The SMILES string of the molecule is C=C(NC)[C@@H](C)N1CCN(C(C)(C)C)CC1. The zero-order valence-electron chi connectivity index (χ0n) is 11.5. The van der Waals surface area contributed by atoms with Crippen molar-refractivity contribution < 1.29 is 0 Å². The molecule has 1 heterocycles. The summed E-state index contributed by atoms with van der Waals surface area (Å²) in [4.78, 5) is 5.05. The molecule has 1 atom stereocenters. The first-order valence-electron chi connectivity index (χ1n) is 6.22. The van der Waals surface area contributed by atoms with E-state index in [1.165, 1.54) is 0 Å². The molecule has 1 fully saturated rings. The lowest BCUT2D eigenvalue weighted by atomic mass is 10.0. The lowest BCUT2D eigenvalue weighted by molar-refractivity contribution is 0.0512. The van der Waals surface area contributed by atoms with Crippen molar-refractivity contribution in [3.63, 3.8) is 0 Å². The van der Waals surface area contributed by atoms with Gasteiger partial charge in [0.2, 0.25) is 0 Å². The monoisotopic (exact) mass is 225 g/mol. The number of piperazine rings is 1. The van der Waals surface area contributed by atoms with Crippen LogP contribution in [0.5, 0.6) is 0 Å². The van der Waals surface area contributed by atoms with Gasteiger partial charge in [-0.2, -0.15) is 0 Å². The average molecular weight is 225 g/mol. The highest BCUT2D eigenvalue weighted by atomic mass is 15.3. The first-order chi connectivity index (χ1) is 7.36. The van der Waals surface area contributed by atoms with Crippen LogP contribution in [0.2, 0.25) is 0 Å². The van der Waals surface area contributed by atoms with Crippen molar-refractivity contribution in [2.24, 2.45) is 0 Å². The molecule has 0 unspecified atom stereocenters. The van der Waals surface area contributed by atoms with E-state index in [4.69, 9.17) is 0 Å². The van der Waals surface area contributed by atoms with Gasteiger partial charge in [0.1, 0.15) is 0 Å². The van der Waals surface area contributed by atoms with Crippen LogP contribution in [0.1, 0.15) is 27.7 Å². The minimum atomic E-state index is 0.301. The molecule has 0 aromatic rings. The van der Waals surface area contributed by atoms with Gasteiger partial charge in [-0.05, 0) is 27.7 Å². The van der Waals surface area contributed by atoms with Gasteiger partial charge in [0, 0.05) is 50.5 Å². The maximum absolute atomic E-state index is 4.05. The van der Waals surface area contributed by atoms with Gasteiger partial charge in [0.05, 0.1) is 0 Å². The van der Waals surface area contributed by atoms with Gasteiger partial charge in [-0.15, -0.1) is 0 Å². The molecule has 0 saturated carbocycles. The molecule has 1 N–H and O–H groups in total. The number of likely N-dealkylation sites (N-methyl/N-ethyl adjacent to an activating group) is 1. The molecule has 0 spiro atoms. The van der Waals surface area contributed by atoms with E-state index in [-0.39, 0.29) is 0 Å². The van der Waals surface area contributed by atoms with E-state index in [0.717, 1.165) is 31.9 Å². The van der Waals surface area contributed by atoms with Gasteiger partial charge in [-0.1, -0.05) is 6.58 Å². The molecule has 0 bridgehead atoms. The van der Waals surface area contributed by atoms with E-state index in [1.807, 2.05) is 7.05 Å². The highest BCUT2D eigenvalue weighted by Gasteiger charge is 2.27. The Morgan fingerprint density at radius 3 is 2.06 bits per heavy atom. The zero-order chi connectivity index (χ0) is 12.3. The lowest BCUT2D eigenvalue weighted by Gasteiger charge is -2.44. The molecule has 0 aromatic carbocycles. The third-order valence-electron chi connectivity index (χ3n) is 3.64. The molecule has 3 nitrogen and oxygen atoms in total. The van der Waals surface area contributed by atoms with Crippen molar-refractivity contribution >= 4 is 0 Å². The Kier molecular flexibility index (Phi) is 4.39. The fraction of sp³-hybridized carbons (Fsp3) is 0.846. The predicted octanol–water partition coefficient (Wildman–Crippen LogP) is 1.52. The summed E-state index contributed by atoms with van der Waals surface area (Å²) >= 11 is 0. The number of rotatable bonds is 3. The first kappa shape index (κ1) is 13.5. The summed E-state index contributed by atoms with van der Waals surface area (Å²) in [5.41, 5.74) is 1.42. The summed E-state index contributed by atoms with van der Waals surface area (Å²) < 4.78 is 0. The molecule has 1 rings (SSSR count). The maximum atomic E-state index is 4.05. The Bertz CT molecular complexity index is 234. The van der Waals surface area contributed by atoms with E-state index in [1.54, 1.807) is 0 Å². The van der Waals surface area contributed by atoms with Gasteiger partial charge in [0.15, 0.2) is 0 Å². The molecule has 1 aliphatic heterocycles. The molecule has 0 aromatic heterocycles. The van der Waals surface area contributed by atoms with Crippen LogP contribution in [0.25, 0.3) is 0 Å². The van der Waals surface area contributed by atoms with Crippen molar-refractivity contribution in [1.82, 2.24) is 15.1 Å². The second kappa shape index (κ2) is 5.19. The van der Waals surface area contributed by atoms with Crippen LogP contribution in [-0.4, -0.2) is 54.6 Å². The minimum absolute atomic E-state index is 0.301. The lowest BCUT2D eigenvalue weighted by Crippen LogP contribution is -2.55. The Balaban J connectivity index is 2.46. The third-order valence-corrected chi connectivity index (χ3v) is 3.64. The topological polar surface area (TPSA) is 18.5 Å². The van der Waals surface area contributed by atoms with Crippen LogP contribution >= 0.6 is 0 Å². The molecule has 0 amide bonds. The quantitative estimate of drug-likeness (QED) is 0.786. The minimum Gasteiger partial charge on any atom is -0.391 e. The van der Waals surface area contributed by atoms with Crippen molar-refractivity contribution in [3.8, 4) is 0 Å². The third kappa shape index (κ3) is 3.22. The molecule has 0 aliphatic carbocycles. The van der Waals surface area contributed by atoms with Crippen molar-refractivity contribution in [2.75, 3.05) is 33.2 Å². The normalized spacial score (nSPS) is 21.8. The van der Waals surface area contributed by atoms with E-state index < -0.39 is 0 Å². The van der Waals surface area contributed by atoms with Crippen LogP contribution in [-0.2, 0) is 0 Å². The van der Waals surface area contributed by atoms with Crippen LogP contribution in [0.4, 0.5) is 0 Å². The fourth-order valence-electron chi connectivity index (χ4n) is 2.21. The Labute approximate surface area is 100 Å². The van der Waals surface area contributed by atoms with Gasteiger partial charge >= 0.3 is 0 Å². The number of hydrogen-bond donors (Lipinski definition) is 1. The highest BCUT2D eigenvalue weighted by Crippen LogP contribution is 2.17. The Hall–Kier alpha value is -0.540. The van der Waals surface area contributed by atoms with Gasteiger partial charge in [-0.25, -0.2) is 0 Å². The summed E-state index contributed by atoms with van der Waals surface area (Å²) in [6.07, 6.45) is 0. The molecular formula is C13H27N3. The molecule has 3 heteroatoms. The van der Waals surface area contributed by atoms with Crippen molar-refractivity contribution in [1.29, 1.82) is 0 Å². The van der Waals surface area contributed by atoms with Gasteiger partial charge in [0.25, 0.3) is 0 Å². The van der Waals surface area contributed by atoms with Crippen molar-refractivity contribution in [3.05, 3.63) is 12.3 Å². The van der Waals surface area contributed by atoms with E-state index in [2.05, 4.69) is 49.4 Å². The summed E-state index contributed by atoms with van der Waals surface area (Å²) in [6.45, 7) is 17.7. The largest absolute Gasteiger partial charge is 0.391 e. The van der Waals surface area contributed by atoms with Crippen LogP contribution in [0.15, 0.2) is 12.3 Å². The van der Waals surface area contributed by atoms with Gasteiger partial charge in [-0.3, -0.25) is 9.80 Å². The van der Waals surface area contributed by atoms with Crippen LogP contribution < -0.4 is 5.32 Å². The van der Waals surface area contributed by atoms with Gasteiger partial charge < -0.3 is 5.32 Å². The van der Waals surface area contributed by atoms with E-state index in [0.29, 0.717) is 11.6 Å². The summed E-state index contributed by atoms with van der Waals surface area (Å²) in [7, 11) is 1.95. The molecule has 0 radical (unpaired) electrons. The molecule has 1 aliphatic rings. The number of hydrogen-bond acceptors (Lipinski definition) is 3. The summed E-state index contributed by atoms with van der Waals surface area (Å²) in [5.74, 6) is 0. The van der Waals surface area contributed by atoms with Crippen LogP contribution in [0.3, 0.4) is 0 Å². The second-order valence-corrected chi connectivity index (χ2v) is 5.65. The second-order valence-electron chi connectivity index (χ2n) is 5.65. The smallest absolute Gasteiger partial charge is 0.0461 e.